The standard InChI is InChI=1S/C45H45N5O8S.BrH/c1-45(2,3)58-44(56)47-37-41(54)50-38(43(55)57-39(31-12-6-4-7-13-31)32-14-8-5-9-15-32)34(28-59-42(37)50)24-33-19-22-49(40(33)53)26-29-17-20-48(21-18-29)27-36(52)46-25-30-11-10-16-35(51)23-30;/h4-18,20-21,23-24,37,39,42H,19,22,25-28H2,1-3H3,(H2-,46,47,51,52,56);1H/b33-24+;/t37-,42-;/m1./s1. The first-order valence-electron chi connectivity index (χ1n) is 19.3. The van der Waals surface area contributed by atoms with Crippen molar-refractivity contribution in [3.05, 3.63) is 155 Å². The number of allylic oxidation sites excluding steroid dienone is 1. The number of β-lactam (4-membered cyclic amide) rings is 1. The lowest BCUT2D eigenvalue weighted by Gasteiger charge is -2.49. The smallest absolute Gasteiger partial charge is 0.408 e. The summed E-state index contributed by atoms with van der Waals surface area (Å²) in [6.07, 6.45) is 4.19. The molecule has 0 aliphatic carbocycles. The van der Waals surface area contributed by atoms with Gasteiger partial charge in [-0.1, -0.05) is 72.8 Å². The first-order chi connectivity index (χ1) is 28.3. The van der Waals surface area contributed by atoms with Crippen LogP contribution in [0, 0.1) is 0 Å². The van der Waals surface area contributed by atoms with Gasteiger partial charge >= 0.3 is 12.1 Å². The molecule has 4 heterocycles. The van der Waals surface area contributed by atoms with Crippen molar-refractivity contribution in [3.8, 4) is 5.75 Å². The summed E-state index contributed by atoms with van der Waals surface area (Å²) in [5.41, 5.74) is 3.40. The SMILES string of the molecule is CC(C)(C)OC(=O)N[C@@H]1C(=O)N2C(C(=O)OC(c3ccccc3)c3ccccc3)=C(/C=C3\CCN(Cc4cc[n+](CC(=O)NCc5cccc(O)c5)cc4)C3=O)CS[C@H]12.[Br-]. The number of aromatic nitrogens is 1. The Balaban J connectivity index is 0.00000604. The fourth-order valence-corrected chi connectivity index (χ4v) is 8.40. The number of esters is 1. The molecule has 2 atom stereocenters. The molecule has 4 amide bonds. The van der Waals surface area contributed by atoms with Gasteiger partial charge in [0, 0.05) is 43.1 Å². The van der Waals surface area contributed by atoms with Gasteiger partial charge in [-0.2, -0.15) is 4.57 Å². The van der Waals surface area contributed by atoms with E-state index >= 15 is 0 Å². The minimum Gasteiger partial charge on any atom is -1.00 e. The number of amides is 4. The fraction of sp³-hybridized carbons (Fsp3) is 0.289. The molecular weight excluding hydrogens is 850 g/mol. The second kappa shape index (κ2) is 19.0. The van der Waals surface area contributed by atoms with Crippen LogP contribution in [0.15, 0.2) is 132 Å². The van der Waals surface area contributed by atoms with Gasteiger partial charge in [0.1, 0.15) is 28.5 Å². The van der Waals surface area contributed by atoms with Crippen molar-refractivity contribution in [2.45, 2.75) is 69.9 Å². The Bertz CT molecular complexity index is 2260. The summed E-state index contributed by atoms with van der Waals surface area (Å²) in [5.74, 6) is -1.17. The van der Waals surface area contributed by atoms with E-state index in [4.69, 9.17) is 9.47 Å². The number of alkyl carbamates (subject to hydrolysis) is 1. The van der Waals surface area contributed by atoms with Gasteiger partial charge in [0.2, 0.25) is 12.5 Å². The first-order valence-corrected chi connectivity index (χ1v) is 20.4. The molecule has 4 aromatic rings. The quantitative estimate of drug-likeness (QED) is 0.0839. The molecule has 60 heavy (non-hydrogen) atoms. The molecule has 15 heteroatoms. The lowest BCUT2D eigenvalue weighted by Crippen LogP contribution is -3.00. The van der Waals surface area contributed by atoms with Crippen molar-refractivity contribution in [2.24, 2.45) is 0 Å². The highest BCUT2D eigenvalue weighted by atomic mass is 79.9. The molecular formula is C45H46BrN5O8S. The van der Waals surface area contributed by atoms with Crippen LogP contribution in [0.4, 0.5) is 4.79 Å². The molecule has 0 bridgehead atoms. The molecule has 0 unspecified atom stereocenters. The average molecular weight is 897 g/mol. The number of nitrogens with one attached hydrogen (secondary N) is 2. The van der Waals surface area contributed by atoms with E-state index in [-0.39, 0.29) is 52.5 Å². The highest BCUT2D eigenvalue weighted by molar-refractivity contribution is 8.00. The Morgan fingerprint density at radius 2 is 1.60 bits per heavy atom. The van der Waals surface area contributed by atoms with Crippen LogP contribution in [0.1, 0.15) is 55.5 Å². The molecule has 2 fully saturated rings. The summed E-state index contributed by atoms with van der Waals surface area (Å²) in [4.78, 5) is 70.4. The minimum absolute atomic E-state index is 0. The van der Waals surface area contributed by atoms with Gasteiger partial charge in [-0.15, -0.1) is 11.8 Å². The van der Waals surface area contributed by atoms with Crippen molar-refractivity contribution in [2.75, 3.05) is 12.3 Å². The molecule has 13 nitrogen and oxygen atoms in total. The summed E-state index contributed by atoms with van der Waals surface area (Å²) in [6, 6.07) is 28.2. The summed E-state index contributed by atoms with van der Waals surface area (Å²) in [6.45, 7) is 6.38. The Morgan fingerprint density at radius 3 is 2.23 bits per heavy atom. The predicted octanol–water partition coefficient (Wildman–Crippen LogP) is 2.05. The lowest BCUT2D eigenvalue weighted by atomic mass is 10.00. The van der Waals surface area contributed by atoms with Crippen molar-refractivity contribution >= 4 is 41.5 Å². The van der Waals surface area contributed by atoms with Crippen molar-refractivity contribution < 1.29 is 60.1 Å². The number of phenolic OH excluding ortho intramolecular Hbond substituents is 1. The molecule has 1 aromatic heterocycles. The van der Waals surface area contributed by atoms with Crippen molar-refractivity contribution in [3.63, 3.8) is 0 Å². The second-order valence-corrected chi connectivity index (χ2v) is 16.6. The number of benzene rings is 3. The maximum absolute atomic E-state index is 14.4. The number of nitrogens with zero attached hydrogens (tertiary/aromatic N) is 3. The number of carbonyl (C=O) groups excluding carboxylic acids is 5. The van der Waals surface area contributed by atoms with E-state index in [1.165, 1.54) is 16.7 Å². The Kier molecular flexibility index (Phi) is 13.8. The molecule has 3 aromatic carbocycles. The zero-order chi connectivity index (χ0) is 41.7. The van der Waals surface area contributed by atoms with Crippen molar-refractivity contribution in [1.82, 2.24) is 20.4 Å². The summed E-state index contributed by atoms with van der Waals surface area (Å²) >= 11 is 1.38. The Labute approximate surface area is 363 Å². The Hall–Kier alpha value is -5.93. The summed E-state index contributed by atoms with van der Waals surface area (Å²) < 4.78 is 13.4. The van der Waals surface area contributed by atoms with Crippen LogP contribution in [-0.4, -0.2) is 74.0 Å². The second-order valence-electron chi connectivity index (χ2n) is 15.5. The molecule has 0 spiro atoms. The van der Waals surface area contributed by atoms with E-state index < -0.39 is 41.1 Å². The minimum atomic E-state index is -0.918. The van der Waals surface area contributed by atoms with E-state index in [9.17, 15) is 29.1 Å². The van der Waals surface area contributed by atoms with Crippen LogP contribution in [0.2, 0.25) is 0 Å². The van der Waals surface area contributed by atoms with Crippen LogP contribution in [-0.2, 0) is 48.3 Å². The zero-order valence-corrected chi connectivity index (χ0v) is 35.8. The van der Waals surface area contributed by atoms with Crippen molar-refractivity contribution in [1.29, 1.82) is 0 Å². The zero-order valence-electron chi connectivity index (χ0n) is 33.4. The van der Waals surface area contributed by atoms with E-state index in [2.05, 4.69) is 10.6 Å². The van der Waals surface area contributed by atoms with Gasteiger partial charge in [0.15, 0.2) is 18.5 Å². The van der Waals surface area contributed by atoms with Gasteiger partial charge in [0.05, 0.1) is 0 Å². The molecule has 0 saturated carbocycles. The molecule has 0 radical (unpaired) electrons. The van der Waals surface area contributed by atoms with Gasteiger partial charge in [-0.05, 0) is 73.2 Å². The number of ether oxygens (including phenoxy) is 2. The summed E-state index contributed by atoms with van der Waals surface area (Å²) in [5, 5.41) is 14.6. The van der Waals surface area contributed by atoms with Gasteiger partial charge < -0.3 is 47.1 Å². The number of phenols is 1. The van der Waals surface area contributed by atoms with Gasteiger partial charge in [-0.25, -0.2) is 9.59 Å². The van der Waals surface area contributed by atoms with Crippen LogP contribution >= 0.6 is 11.8 Å². The number of pyridine rings is 1. The van der Waals surface area contributed by atoms with Crippen LogP contribution in [0.3, 0.4) is 0 Å². The van der Waals surface area contributed by atoms with Gasteiger partial charge in [-0.3, -0.25) is 19.3 Å². The van der Waals surface area contributed by atoms with E-state index in [1.54, 1.807) is 66.9 Å². The van der Waals surface area contributed by atoms with E-state index in [1.807, 2.05) is 78.9 Å². The molecule has 312 valence electrons. The number of rotatable bonds is 12. The van der Waals surface area contributed by atoms with Crippen LogP contribution in [0.5, 0.6) is 5.75 Å². The fourth-order valence-electron chi connectivity index (χ4n) is 7.09. The number of fused-ring (bicyclic) bond motifs is 1. The van der Waals surface area contributed by atoms with Crippen LogP contribution in [0.25, 0.3) is 0 Å². The largest absolute Gasteiger partial charge is 1.00 e. The number of likely N-dealkylation sites (tertiary alicyclic amines) is 1. The molecule has 3 aliphatic heterocycles. The number of hydrogen-bond acceptors (Lipinski definition) is 9. The summed E-state index contributed by atoms with van der Waals surface area (Å²) in [7, 11) is 0. The topological polar surface area (TPSA) is 158 Å². The van der Waals surface area contributed by atoms with Crippen LogP contribution < -0.4 is 32.2 Å². The third kappa shape index (κ3) is 10.4. The number of halogens is 1. The van der Waals surface area contributed by atoms with Gasteiger partial charge in [0.25, 0.3) is 11.8 Å². The maximum atomic E-state index is 14.4. The molecule has 3 aliphatic rings. The number of thioether (sulfide) groups is 1. The molecule has 2 saturated heterocycles. The number of carbonyl (C=O) groups is 5. The third-order valence-electron chi connectivity index (χ3n) is 9.91. The normalized spacial score (nSPS) is 18.1. The van der Waals surface area contributed by atoms with E-state index in [0.717, 1.165) is 22.3 Å². The molecule has 3 N–H and O–H groups in total. The van der Waals surface area contributed by atoms with E-state index in [0.29, 0.717) is 37.2 Å². The Morgan fingerprint density at radius 1 is 0.933 bits per heavy atom. The highest BCUT2D eigenvalue weighted by Gasteiger charge is 2.55. The highest BCUT2D eigenvalue weighted by Crippen LogP contribution is 2.43. The average Bonchev–Trinajstić information content (AvgIpc) is 3.55. The first kappa shape index (κ1) is 43.6. The molecule has 7 rings (SSSR count). The predicted molar refractivity (Wildman–Crippen MR) is 219 cm³/mol. The maximum Gasteiger partial charge on any atom is 0.408 e. The lowest BCUT2D eigenvalue weighted by molar-refractivity contribution is -0.684. The third-order valence-corrected chi connectivity index (χ3v) is 11.2. The number of aromatic hydroxyl groups is 1. The monoisotopic (exact) mass is 895 g/mol. The number of hydrogen-bond donors (Lipinski definition) is 3.